The van der Waals surface area contributed by atoms with Crippen LogP contribution in [0.4, 0.5) is 5.69 Å². The molecule has 7 nitrogen and oxygen atoms in total. The molecule has 27 heavy (non-hydrogen) atoms. The first-order chi connectivity index (χ1) is 13.1. The van der Waals surface area contributed by atoms with E-state index in [1.54, 1.807) is 0 Å². The molecule has 1 aromatic rings. The van der Waals surface area contributed by atoms with Crippen molar-refractivity contribution in [1.29, 1.82) is 0 Å². The molecule has 0 spiro atoms. The first-order valence-corrected chi connectivity index (χ1v) is 9.72. The van der Waals surface area contributed by atoms with Gasteiger partial charge in [0.25, 0.3) is 5.69 Å². The van der Waals surface area contributed by atoms with Crippen molar-refractivity contribution in [3.8, 4) is 5.75 Å². The van der Waals surface area contributed by atoms with Crippen LogP contribution >= 0.6 is 0 Å². The van der Waals surface area contributed by atoms with Gasteiger partial charge >= 0.3 is 0 Å². The highest BCUT2D eigenvalue weighted by molar-refractivity contribution is 5.81. The van der Waals surface area contributed by atoms with Crippen LogP contribution in [0, 0.1) is 10.1 Å². The molecule has 0 unspecified atom stereocenters. The summed E-state index contributed by atoms with van der Waals surface area (Å²) in [5.41, 5.74) is -0.254. The van der Waals surface area contributed by atoms with Gasteiger partial charge in [-0.05, 0) is 37.8 Å². The van der Waals surface area contributed by atoms with Crippen LogP contribution in [0.15, 0.2) is 18.2 Å². The van der Waals surface area contributed by atoms with Crippen LogP contribution in [0.2, 0.25) is 0 Å². The van der Waals surface area contributed by atoms with Gasteiger partial charge in [0.15, 0.2) is 6.29 Å². The van der Waals surface area contributed by atoms with Gasteiger partial charge in [-0.15, -0.1) is 0 Å². The summed E-state index contributed by atoms with van der Waals surface area (Å²) in [6.45, 7) is 3.25. The van der Waals surface area contributed by atoms with Gasteiger partial charge in [-0.2, -0.15) is 0 Å². The number of nitro groups is 1. The highest BCUT2D eigenvalue weighted by atomic mass is 16.6. The zero-order valence-corrected chi connectivity index (χ0v) is 15.9. The number of aldehydes is 1. The second-order valence-electron chi connectivity index (χ2n) is 6.93. The minimum atomic E-state index is -0.604. The first-order valence-electron chi connectivity index (χ1n) is 9.72. The van der Waals surface area contributed by atoms with Gasteiger partial charge in [-0.1, -0.05) is 26.2 Å². The third-order valence-electron chi connectivity index (χ3n) is 4.97. The van der Waals surface area contributed by atoms with Crippen molar-refractivity contribution in [2.75, 3.05) is 13.2 Å². The number of nitro benzene ring substituents is 1. The van der Waals surface area contributed by atoms with Crippen molar-refractivity contribution in [3.05, 3.63) is 33.9 Å². The number of ether oxygens (including phenoxy) is 1. The smallest absolute Gasteiger partial charge is 0.283 e. The fourth-order valence-electron chi connectivity index (χ4n) is 3.48. The fourth-order valence-corrected chi connectivity index (χ4v) is 3.48. The van der Waals surface area contributed by atoms with Gasteiger partial charge in [0.2, 0.25) is 5.91 Å². The summed E-state index contributed by atoms with van der Waals surface area (Å²) in [4.78, 5) is 35.9. The van der Waals surface area contributed by atoms with E-state index >= 15 is 0 Å². The molecule has 148 valence electrons. The van der Waals surface area contributed by atoms with Gasteiger partial charge in [0.1, 0.15) is 5.75 Å². The van der Waals surface area contributed by atoms with Crippen LogP contribution in [0.1, 0.15) is 68.6 Å². The average molecular weight is 376 g/mol. The Morgan fingerprint density at radius 3 is 2.70 bits per heavy atom. The van der Waals surface area contributed by atoms with Crippen LogP contribution in [0.5, 0.6) is 5.75 Å². The number of benzene rings is 1. The summed E-state index contributed by atoms with van der Waals surface area (Å²) in [6.07, 6.45) is 8.08. The lowest BCUT2D eigenvalue weighted by molar-refractivity contribution is -0.385. The SMILES string of the molecule is CCCCN(C(=O)CCCOc1ccc(C=O)c([N+](=O)[O-])c1)C1CCCC1. The molecule has 0 heterocycles. The summed E-state index contributed by atoms with van der Waals surface area (Å²) in [5, 5.41) is 11.0. The lowest BCUT2D eigenvalue weighted by atomic mass is 10.1. The minimum absolute atomic E-state index is 0.0191. The Hall–Kier alpha value is -2.44. The number of carbonyl (C=O) groups is 2. The highest BCUT2D eigenvalue weighted by Crippen LogP contribution is 2.25. The van der Waals surface area contributed by atoms with E-state index in [0.717, 1.165) is 32.2 Å². The summed E-state index contributed by atoms with van der Waals surface area (Å²) >= 11 is 0. The van der Waals surface area contributed by atoms with Crippen molar-refractivity contribution < 1.29 is 19.2 Å². The molecule has 0 saturated heterocycles. The number of hydrogen-bond acceptors (Lipinski definition) is 5. The van der Waals surface area contributed by atoms with Crippen LogP contribution in [0.3, 0.4) is 0 Å². The largest absolute Gasteiger partial charge is 0.493 e. The second-order valence-corrected chi connectivity index (χ2v) is 6.93. The standard InChI is InChI=1S/C20H28N2O5/c1-2-3-12-21(17-7-4-5-8-17)20(24)9-6-13-27-18-11-10-16(15-23)19(14-18)22(25)26/h10-11,14-15,17H,2-9,12-13H2,1H3. The molecule has 1 fully saturated rings. The number of hydrogen-bond donors (Lipinski definition) is 0. The lowest BCUT2D eigenvalue weighted by Gasteiger charge is -2.29. The fraction of sp³-hybridized carbons (Fsp3) is 0.600. The van der Waals surface area contributed by atoms with E-state index in [9.17, 15) is 19.7 Å². The molecule has 1 saturated carbocycles. The van der Waals surface area contributed by atoms with Crippen molar-refractivity contribution in [3.63, 3.8) is 0 Å². The van der Waals surface area contributed by atoms with Crippen LogP contribution in [-0.4, -0.2) is 41.2 Å². The molecular weight excluding hydrogens is 348 g/mol. The van der Waals surface area contributed by atoms with E-state index in [1.165, 1.54) is 31.0 Å². The predicted octanol–water partition coefficient (Wildman–Crippen LogP) is 4.14. The Morgan fingerprint density at radius 2 is 2.07 bits per heavy atom. The maximum atomic E-state index is 12.6. The maximum absolute atomic E-state index is 12.6. The quantitative estimate of drug-likeness (QED) is 0.251. The van der Waals surface area contributed by atoms with Gasteiger partial charge in [0.05, 0.1) is 23.2 Å². The number of amides is 1. The van der Waals surface area contributed by atoms with Crippen LogP contribution < -0.4 is 4.74 Å². The molecular formula is C20H28N2O5. The molecule has 7 heteroatoms. The topological polar surface area (TPSA) is 89.8 Å². The van der Waals surface area contributed by atoms with Gasteiger partial charge in [-0.3, -0.25) is 19.7 Å². The van der Waals surface area contributed by atoms with E-state index < -0.39 is 4.92 Å². The molecule has 1 aliphatic carbocycles. The Balaban J connectivity index is 1.84. The molecule has 0 N–H and O–H groups in total. The normalized spacial score (nSPS) is 14.1. The predicted molar refractivity (Wildman–Crippen MR) is 102 cm³/mol. The molecule has 0 atom stereocenters. The van der Waals surface area contributed by atoms with E-state index in [0.29, 0.717) is 37.5 Å². The molecule has 0 aliphatic heterocycles. The molecule has 0 radical (unpaired) electrons. The second kappa shape index (κ2) is 10.6. The summed E-state index contributed by atoms with van der Waals surface area (Å²) in [7, 11) is 0. The van der Waals surface area contributed by atoms with Crippen molar-refractivity contribution >= 4 is 17.9 Å². The Bertz CT molecular complexity index is 656. The average Bonchev–Trinajstić information content (AvgIpc) is 3.19. The summed E-state index contributed by atoms with van der Waals surface area (Å²) in [6, 6.07) is 4.53. The monoisotopic (exact) mass is 376 g/mol. The number of rotatable bonds is 11. The number of unbranched alkanes of at least 4 members (excludes halogenated alkanes) is 1. The van der Waals surface area contributed by atoms with Crippen LogP contribution in [0.25, 0.3) is 0 Å². The molecule has 0 bridgehead atoms. The van der Waals surface area contributed by atoms with Crippen molar-refractivity contribution in [2.24, 2.45) is 0 Å². The Labute approximate surface area is 159 Å². The van der Waals surface area contributed by atoms with Crippen LogP contribution in [-0.2, 0) is 4.79 Å². The third-order valence-corrected chi connectivity index (χ3v) is 4.97. The first kappa shape index (κ1) is 20.9. The lowest BCUT2D eigenvalue weighted by Crippen LogP contribution is -2.39. The molecule has 1 aromatic carbocycles. The zero-order chi connectivity index (χ0) is 19.6. The molecule has 2 rings (SSSR count). The Kier molecular flexibility index (Phi) is 8.23. The zero-order valence-electron chi connectivity index (χ0n) is 15.9. The molecule has 0 aromatic heterocycles. The van der Waals surface area contributed by atoms with E-state index in [2.05, 4.69) is 6.92 Å². The third kappa shape index (κ3) is 6.05. The Morgan fingerprint density at radius 1 is 1.33 bits per heavy atom. The minimum Gasteiger partial charge on any atom is -0.493 e. The van der Waals surface area contributed by atoms with Crippen molar-refractivity contribution in [1.82, 2.24) is 4.90 Å². The van der Waals surface area contributed by atoms with Gasteiger partial charge in [0, 0.05) is 19.0 Å². The number of carbonyl (C=O) groups excluding carboxylic acids is 2. The van der Waals surface area contributed by atoms with Crippen molar-refractivity contribution in [2.45, 2.75) is 64.3 Å². The van der Waals surface area contributed by atoms with Gasteiger partial charge in [-0.25, -0.2) is 0 Å². The maximum Gasteiger partial charge on any atom is 0.283 e. The highest BCUT2D eigenvalue weighted by Gasteiger charge is 2.25. The van der Waals surface area contributed by atoms with E-state index in [-0.39, 0.29) is 17.2 Å². The summed E-state index contributed by atoms with van der Waals surface area (Å²) in [5.74, 6) is 0.500. The van der Waals surface area contributed by atoms with E-state index in [1.807, 2.05) is 4.90 Å². The molecule has 1 amide bonds. The molecule has 1 aliphatic rings. The number of nitrogens with zero attached hydrogens (tertiary/aromatic N) is 2. The summed E-state index contributed by atoms with van der Waals surface area (Å²) < 4.78 is 5.54. The van der Waals surface area contributed by atoms with Gasteiger partial charge < -0.3 is 9.64 Å². The van der Waals surface area contributed by atoms with E-state index in [4.69, 9.17) is 4.74 Å².